The fourth-order valence-corrected chi connectivity index (χ4v) is 2.02. The van der Waals surface area contributed by atoms with Crippen LogP contribution in [0.4, 0.5) is 0 Å². The van der Waals surface area contributed by atoms with Crippen LogP contribution in [0, 0.1) is 19.3 Å². The highest BCUT2D eigenvalue weighted by atomic mass is 16.5. The smallest absolute Gasteiger partial charge is 0.132 e. The summed E-state index contributed by atoms with van der Waals surface area (Å²) in [7, 11) is 1.88. The van der Waals surface area contributed by atoms with Crippen molar-refractivity contribution in [1.29, 1.82) is 5.41 Å². The van der Waals surface area contributed by atoms with Gasteiger partial charge in [-0.1, -0.05) is 0 Å². The number of ether oxygens (including phenoxy) is 1. The number of nitrogens with one attached hydrogen (secondary N) is 1. The molecule has 5 nitrogen and oxygen atoms in total. The molecule has 0 aliphatic heterocycles. The van der Waals surface area contributed by atoms with Crippen LogP contribution in [0.25, 0.3) is 0 Å². The van der Waals surface area contributed by atoms with Gasteiger partial charge in [-0.3, -0.25) is 10.1 Å². The van der Waals surface area contributed by atoms with E-state index in [0.29, 0.717) is 6.61 Å². The predicted molar refractivity (Wildman–Crippen MR) is 74.5 cm³/mol. The fourth-order valence-electron chi connectivity index (χ4n) is 2.02. The van der Waals surface area contributed by atoms with E-state index in [9.17, 15) is 0 Å². The van der Waals surface area contributed by atoms with Crippen LogP contribution in [0.1, 0.15) is 22.4 Å². The van der Waals surface area contributed by atoms with Gasteiger partial charge in [0.15, 0.2) is 0 Å². The highest BCUT2D eigenvalue weighted by molar-refractivity contribution is 5.95. The molecule has 0 bridgehead atoms. The van der Waals surface area contributed by atoms with Crippen molar-refractivity contribution in [2.24, 2.45) is 12.8 Å². The van der Waals surface area contributed by atoms with Gasteiger partial charge in [0, 0.05) is 18.8 Å². The van der Waals surface area contributed by atoms with Crippen LogP contribution in [0.3, 0.4) is 0 Å². The van der Waals surface area contributed by atoms with E-state index in [1.165, 1.54) is 0 Å². The SMILES string of the molecule is Cc1cc(C(=N)N)cc(C)c1OCc1ccn(C)n1. The number of aromatic nitrogens is 2. The van der Waals surface area contributed by atoms with Crippen molar-refractivity contribution in [2.45, 2.75) is 20.5 Å². The van der Waals surface area contributed by atoms with Crippen molar-refractivity contribution in [3.05, 3.63) is 46.8 Å². The second-order valence-corrected chi connectivity index (χ2v) is 4.62. The molecule has 0 fully saturated rings. The normalized spacial score (nSPS) is 10.5. The second kappa shape index (κ2) is 5.14. The van der Waals surface area contributed by atoms with Gasteiger partial charge in [-0.25, -0.2) is 0 Å². The number of nitrogen functional groups attached to an aromatic ring is 1. The maximum Gasteiger partial charge on any atom is 0.132 e. The first-order chi connectivity index (χ1) is 8.97. The molecule has 2 aromatic rings. The Morgan fingerprint density at radius 3 is 2.47 bits per heavy atom. The molecule has 0 amide bonds. The monoisotopic (exact) mass is 258 g/mol. The summed E-state index contributed by atoms with van der Waals surface area (Å²) >= 11 is 0. The summed E-state index contributed by atoms with van der Waals surface area (Å²) in [6.07, 6.45) is 1.89. The van der Waals surface area contributed by atoms with Crippen LogP contribution in [0.2, 0.25) is 0 Å². The number of rotatable bonds is 4. The third-order valence-corrected chi connectivity index (χ3v) is 2.90. The lowest BCUT2D eigenvalue weighted by molar-refractivity contribution is 0.296. The Kier molecular flexibility index (Phi) is 3.55. The maximum absolute atomic E-state index is 7.46. The average Bonchev–Trinajstić information content (AvgIpc) is 2.73. The van der Waals surface area contributed by atoms with Crippen LogP contribution < -0.4 is 10.5 Å². The number of aryl methyl sites for hydroxylation is 3. The van der Waals surface area contributed by atoms with Gasteiger partial charge >= 0.3 is 0 Å². The number of hydrogen-bond acceptors (Lipinski definition) is 3. The molecule has 1 aromatic carbocycles. The Bertz CT molecular complexity index is 593. The molecule has 0 saturated heterocycles. The van der Waals surface area contributed by atoms with Crippen LogP contribution in [0.5, 0.6) is 5.75 Å². The van der Waals surface area contributed by atoms with Crippen molar-refractivity contribution < 1.29 is 4.74 Å². The van der Waals surface area contributed by atoms with E-state index in [2.05, 4.69) is 5.10 Å². The summed E-state index contributed by atoms with van der Waals surface area (Å²) in [5.74, 6) is 0.901. The van der Waals surface area contributed by atoms with Crippen molar-refractivity contribution in [3.63, 3.8) is 0 Å². The summed E-state index contributed by atoms with van der Waals surface area (Å²) in [6, 6.07) is 5.65. The third-order valence-electron chi connectivity index (χ3n) is 2.90. The minimum absolute atomic E-state index is 0.0717. The highest BCUT2D eigenvalue weighted by Crippen LogP contribution is 2.25. The van der Waals surface area contributed by atoms with Gasteiger partial charge in [-0.2, -0.15) is 5.10 Å². The van der Waals surface area contributed by atoms with E-state index in [4.69, 9.17) is 15.9 Å². The first-order valence-electron chi connectivity index (χ1n) is 6.04. The summed E-state index contributed by atoms with van der Waals surface area (Å²) < 4.78 is 7.56. The zero-order chi connectivity index (χ0) is 14.0. The number of nitrogens with two attached hydrogens (primary N) is 1. The lowest BCUT2D eigenvalue weighted by Gasteiger charge is -2.13. The Morgan fingerprint density at radius 1 is 1.37 bits per heavy atom. The van der Waals surface area contributed by atoms with Gasteiger partial charge in [-0.05, 0) is 43.2 Å². The van der Waals surface area contributed by atoms with E-state index in [1.54, 1.807) is 4.68 Å². The van der Waals surface area contributed by atoms with E-state index < -0.39 is 0 Å². The molecule has 0 atom stereocenters. The average molecular weight is 258 g/mol. The Labute approximate surface area is 112 Å². The molecule has 0 unspecified atom stereocenters. The Hall–Kier alpha value is -2.30. The van der Waals surface area contributed by atoms with Gasteiger partial charge in [0.2, 0.25) is 0 Å². The Morgan fingerprint density at radius 2 is 2.00 bits per heavy atom. The van der Waals surface area contributed by atoms with Crippen molar-refractivity contribution in [2.75, 3.05) is 0 Å². The molecule has 1 aromatic heterocycles. The number of amidine groups is 1. The molecule has 0 radical (unpaired) electrons. The standard InChI is InChI=1S/C14H18N4O/c1-9-6-11(14(15)16)7-10(2)13(9)19-8-12-4-5-18(3)17-12/h4-7H,8H2,1-3H3,(H3,15,16). The van der Waals surface area contributed by atoms with Gasteiger partial charge < -0.3 is 10.5 Å². The first kappa shape index (κ1) is 13.1. The zero-order valence-corrected chi connectivity index (χ0v) is 11.4. The Balaban J connectivity index is 2.18. The first-order valence-corrected chi connectivity index (χ1v) is 6.04. The van der Waals surface area contributed by atoms with Gasteiger partial charge in [0.1, 0.15) is 18.2 Å². The van der Waals surface area contributed by atoms with E-state index >= 15 is 0 Å². The van der Waals surface area contributed by atoms with E-state index in [-0.39, 0.29) is 5.84 Å². The van der Waals surface area contributed by atoms with Crippen LogP contribution in [-0.4, -0.2) is 15.6 Å². The quantitative estimate of drug-likeness (QED) is 0.649. The molecule has 0 saturated carbocycles. The van der Waals surface area contributed by atoms with Crippen molar-refractivity contribution >= 4 is 5.84 Å². The second-order valence-electron chi connectivity index (χ2n) is 4.62. The topological polar surface area (TPSA) is 76.9 Å². The van der Waals surface area contributed by atoms with Crippen LogP contribution in [0.15, 0.2) is 24.4 Å². The molecule has 0 spiro atoms. The van der Waals surface area contributed by atoms with Crippen LogP contribution in [-0.2, 0) is 13.7 Å². The molecule has 19 heavy (non-hydrogen) atoms. The summed E-state index contributed by atoms with van der Waals surface area (Å²) in [4.78, 5) is 0. The van der Waals surface area contributed by atoms with E-state index in [0.717, 1.165) is 28.1 Å². The number of benzene rings is 1. The predicted octanol–water partition coefficient (Wildman–Crippen LogP) is 1.90. The molecule has 3 N–H and O–H groups in total. The molecule has 1 heterocycles. The molecule has 0 aliphatic carbocycles. The van der Waals surface area contributed by atoms with Gasteiger partial charge in [0.05, 0.1) is 5.69 Å². The van der Waals surface area contributed by atoms with Gasteiger partial charge in [0.25, 0.3) is 0 Å². The lowest BCUT2D eigenvalue weighted by Crippen LogP contribution is -2.12. The minimum Gasteiger partial charge on any atom is -0.487 e. The minimum atomic E-state index is 0.0717. The van der Waals surface area contributed by atoms with Crippen molar-refractivity contribution in [3.8, 4) is 5.75 Å². The van der Waals surface area contributed by atoms with E-state index in [1.807, 2.05) is 45.3 Å². The molecule has 100 valence electrons. The molecular formula is C14H18N4O. The third kappa shape index (κ3) is 2.93. The fraction of sp³-hybridized carbons (Fsp3) is 0.286. The number of nitrogens with zero attached hydrogens (tertiary/aromatic N) is 2. The number of hydrogen-bond donors (Lipinski definition) is 2. The zero-order valence-electron chi connectivity index (χ0n) is 11.4. The van der Waals surface area contributed by atoms with Gasteiger partial charge in [-0.15, -0.1) is 0 Å². The molecular weight excluding hydrogens is 240 g/mol. The largest absolute Gasteiger partial charge is 0.487 e. The maximum atomic E-state index is 7.46. The summed E-state index contributed by atoms with van der Waals surface area (Å²) in [6.45, 7) is 4.34. The van der Waals surface area contributed by atoms with Crippen LogP contribution >= 0.6 is 0 Å². The molecule has 5 heteroatoms. The lowest BCUT2D eigenvalue weighted by atomic mass is 10.1. The molecule has 2 rings (SSSR count). The highest BCUT2D eigenvalue weighted by Gasteiger charge is 2.09. The summed E-state index contributed by atoms with van der Waals surface area (Å²) in [5, 5.41) is 11.7. The summed E-state index contributed by atoms with van der Waals surface area (Å²) in [5.41, 5.74) is 9.05. The van der Waals surface area contributed by atoms with Crippen molar-refractivity contribution in [1.82, 2.24) is 9.78 Å². The molecule has 0 aliphatic rings.